The standard InChI is InChI=1S/C25H30N2O5/c1-31-14-3-4-18(32-2)15(11-14)23(29)26-8-5-25(6-9-26)7-10-27(13-25)24(30)21-17-12-16-19(21)20(16)22(17)28/h3-4,11,16-17,19-21H,5-10,12-13H2,1-2H3. The SMILES string of the molecule is COc1ccc(OC)c(C(=O)N2CCC3(CC2)CCN(C(=O)C2C4CC5C(C4=O)C52)C3)c1. The predicted molar refractivity (Wildman–Crippen MR) is 115 cm³/mol. The second-order valence-electron chi connectivity index (χ2n) is 10.4. The molecule has 1 aromatic rings. The van der Waals surface area contributed by atoms with Crippen LogP contribution in [-0.4, -0.2) is 67.8 Å². The maximum absolute atomic E-state index is 13.3. The van der Waals surface area contributed by atoms with E-state index in [0.29, 0.717) is 47.8 Å². The molecule has 6 aliphatic rings. The number of hydrogen-bond donors (Lipinski definition) is 0. The second-order valence-corrected chi connectivity index (χ2v) is 10.4. The van der Waals surface area contributed by atoms with Gasteiger partial charge in [-0.3, -0.25) is 14.4 Å². The van der Waals surface area contributed by atoms with Gasteiger partial charge in [0.15, 0.2) is 0 Å². The number of carbonyl (C=O) groups is 3. The summed E-state index contributed by atoms with van der Waals surface area (Å²) in [6.07, 6.45) is 3.74. The van der Waals surface area contributed by atoms with Crippen LogP contribution in [0, 0.1) is 35.0 Å². The minimum Gasteiger partial charge on any atom is -0.497 e. The maximum Gasteiger partial charge on any atom is 0.257 e. The predicted octanol–water partition coefficient (Wildman–Crippen LogP) is 2.24. The van der Waals surface area contributed by atoms with E-state index in [4.69, 9.17) is 9.47 Å². The van der Waals surface area contributed by atoms with Crippen LogP contribution in [0.2, 0.25) is 0 Å². The van der Waals surface area contributed by atoms with Crippen molar-refractivity contribution < 1.29 is 23.9 Å². The molecule has 2 saturated heterocycles. The number of rotatable bonds is 4. The third-order valence-electron chi connectivity index (χ3n) is 9.08. The van der Waals surface area contributed by atoms with Crippen molar-refractivity contribution in [2.75, 3.05) is 40.4 Å². The molecule has 6 fully saturated rings. The molecule has 5 unspecified atom stereocenters. The molecule has 4 saturated carbocycles. The van der Waals surface area contributed by atoms with E-state index in [2.05, 4.69) is 0 Å². The Morgan fingerprint density at radius 2 is 1.75 bits per heavy atom. The fourth-order valence-corrected chi connectivity index (χ4v) is 7.26. The summed E-state index contributed by atoms with van der Waals surface area (Å²) in [6.45, 7) is 2.92. The molecule has 2 amide bonds. The Labute approximate surface area is 188 Å². The average molecular weight is 439 g/mol. The number of Topliss-reactive ketones (excluding diaryl/α,β-unsaturated/α-hetero) is 1. The monoisotopic (exact) mass is 438 g/mol. The fraction of sp³-hybridized carbons (Fsp3) is 0.640. The van der Waals surface area contributed by atoms with Gasteiger partial charge in [-0.25, -0.2) is 0 Å². The van der Waals surface area contributed by atoms with Gasteiger partial charge in [0.25, 0.3) is 5.91 Å². The molecule has 5 atom stereocenters. The number of ether oxygens (including phenoxy) is 2. The highest BCUT2D eigenvalue weighted by atomic mass is 16.5. The van der Waals surface area contributed by atoms with Crippen molar-refractivity contribution >= 4 is 17.6 Å². The maximum atomic E-state index is 13.3. The van der Waals surface area contributed by atoms with Gasteiger partial charge in [-0.15, -0.1) is 0 Å². The van der Waals surface area contributed by atoms with Crippen molar-refractivity contribution in [3.63, 3.8) is 0 Å². The van der Waals surface area contributed by atoms with Crippen LogP contribution in [0.1, 0.15) is 36.0 Å². The molecule has 1 aromatic carbocycles. The number of nitrogens with zero attached hydrogens (tertiary/aromatic N) is 2. The average Bonchev–Trinajstić information content (AvgIpc) is 3.16. The van der Waals surface area contributed by atoms with Crippen molar-refractivity contribution in [3.8, 4) is 11.5 Å². The first-order valence-electron chi connectivity index (χ1n) is 11.8. The molecular formula is C25H30N2O5. The van der Waals surface area contributed by atoms with Gasteiger partial charge < -0.3 is 19.3 Å². The van der Waals surface area contributed by atoms with E-state index in [0.717, 1.165) is 38.8 Å². The third-order valence-corrected chi connectivity index (χ3v) is 9.08. The Morgan fingerprint density at radius 1 is 1.03 bits per heavy atom. The third kappa shape index (κ3) is 2.75. The quantitative estimate of drug-likeness (QED) is 0.721. The lowest BCUT2D eigenvalue weighted by molar-refractivity contribution is -0.138. The van der Waals surface area contributed by atoms with Crippen LogP contribution in [0.3, 0.4) is 0 Å². The zero-order valence-electron chi connectivity index (χ0n) is 18.7. The van der Waals surface area contributed by atoms with Crippen LogP contribution in [-0.2, 0) is 9.59 Å². The van der Waals surface area contributed by atoms with Gasteiger partial charge in [0.05, 0.1) is 25.7 Å². The Kier molecular flexibility index (Phi) is 4.37. The summed E-state index contributed by atoms with van der Waals surface area (Å²) in [4.78, 5) is 42.7. The van der Waals surface area contributed by atoms with Crippen molar-refractivity contribution in [1.29, 1.82) is 0 Å². The number of methoxy groups -OCH3 is 2. The van der Waals surface area contributed by atoms with Gasteiger partial charge in [-0.1, -0.05) is 0 Å². The normalized spacial score (nSPS) is 33.7. The Balaban J connectivity index is 1.10. The molecule has 32 heavy (non-hydrogen) atoms. The number of hydrogen-bond acceptors (Lipinski definition) is 5. The molecule has 4 bridgehead atoms. The Hall–Kier alpha value is -2.57. The highest BCUT2D eigenvalue weighted by Crippen LogP contribution is 2.71. The van der Waals surface area contributed by atoms with E-state index >= 15 is 0 Å². The van der Waals surface area contributed by atoms with Crippen LogP contribution in [0.15, 0.2) is 18.2 Å². The first-order chi connectivity index (χ1) is 15.5. The van der Waals surface area contributed by atoms with Crippen LogP contribution in [0.4, 0.5) is 0 Å². The van der Waals surface area contributed by atoms with Gasteiger partial charge in [0, 0.05) is 38.0 Å². The summed E-state index contributed by atoms with van der Waals surface area (Å²) in [5.41, 5.74) is 0.620. The van der Waals surface area contributed by atoms with Crippen molar-refractivity contribution in [1.82, 2.24) is 9.80 Å². The molecule has 170 valence electrons. The lowest BCUT2D eigenvalue weighted by Gasteiger charge is -2.39. The highest BCUT2D eigenvalue weighted by molar-refractivity contribution is 6.00. The summed E-state index contributed by atoms with van der Waals surface area (Å²) in [7, 11) is 3.15. The van der Waals surface area contributed by atoms with Crippen molar-refractivity contribution in [2.45, 2.75) is 25.7 Å². The Morgan fingerprint density at radius 3 is 2.31 bits per heavy atom. The van der Waals surface area contributed by atoms with Crippen molar-refractivity contribution in [2.24, 2.45) is 35.0 Å². The summed E-state index contributed by atoms with van der Waals surface area (Å²) in [5, 5.41) is 0. The number of carbonyl (C=O) groups excluding carboxylic acids is 3. The summed E-state index contributed by atoms with van der Waals surface area (Å²) < 4.78 is 10.7. The molecule has 7 heteroatoms. The first kappa shape index (κ1) is 20.1. The van der Waals surface area contributed by atoms with Crippen LogP contribution < -0.4 is 9.47 Å². The lowest BCUT2D eigenvalue weighted by Crippen LogP contribution is -2.45. The molecule has 0 radical (unpaired) electrons. The summed E-state index contributed by atoms with van der Waals surface area (Å²) >= 11 is 0. The Bertz CT molecular complexity index is 998. The minimum atomic E-state index is -0.0365. The van der Waals surface area contributed by atoms with Crippen molar-refractivity contribution in [3.05, 3.63) is 23.8 Å². The van der Waals surface area contributed by atoms with Gasteiger partial charge >= 0.3 is 0 Å². The van der Waals surface area contributed by atoms with Gasteiger partial charge in [0.1, 0.15) is 17.3 Å². The molecular weight excluding hydrogens is 408 g/mol. The minimum absolute atomic E-state index is 0.0105. The molecule has 7 rings (SSSR count). The number of likely N-dealkylation sites (tertiary alicyclic amines) is 2. The number of amides is 2. The second kappa shape index (κ2) is 6.96. The van der Waals surface area contributed by atoms with Crippen LogP contribution in [0.5, 0.6) is 11.5 Å². The number of benzene rings is 1. The zero-order chi connectivity index (χ0) is 22.2. The molecule has 7 nitrogen and oxygen atoms in total. The van der Waals surface area contributed by atoms with Gasteiger partial charge in [-0.05, 0) is 61.1 Å². The summed E-state index contributed by atoms with van der Waals surface area (Å²) in [5.74, 6) is 2.81. The highest BCUT2D eigenvalue weighted by Gasteiger charge is 2.75. The van der Waals surface area contributed by atoms with Gasteiger partial charge in [-0.2, -0.15) is 0 Å². The fourth-order valence-electron chi connectivity index (χ4n) is 7.26. The van der Waals surface area contributed by atoms with E-state index in [9.17, 15) is 14.4 Å². The molecule has 0 N–H and O–H groups in total. The zero-order valence-corrected chi connectivity index (χ0v) is 18.7. The van der Waals surface area contributed by atoms with E-state index in [-0.39, 0.29) is 35.0 Å². The van der Waals surface area contributed by atoms with Gasteiger partial charge in [0.2, 0.25) is 5.91 Å². The molecule has 2 aliphatic heterocycles. The molecule has 0 aromatic heterocycles. The first-order valence-corrected chi connectivity index (χ1v) is 11.8. The topological polar surface area (TPSA) is 76.2 Å². The number of piperidine rings is 1. The van der Waals surface area contributed by atoms with E-state index in [1.165, 1.54) is 0 Å². The number of ketones is 1. The van der Waals surface area contributed by atoms with Crippen LogP contribution in [0.25, 0.3) is 0 Å². The summed E-state index contributed by atoms with van der Waals surface area (Å²) in [6, 6.07) is 5.29. The largest absolute Gasteiger partial charge is 0.497 e. The molecule has 4 aliphatic carbocycles. The lowest BCUT2D eigenvalue weighted by atomic mass is 9.77. The van der Waals surface area contributed by atoms with E-state index in [1.807, 2.05) is 9.80 Å². The smallest absolute Gasteiger partial charge is 0.257 e. The van der Waals surface area contributed by atoms with E-state index < -0.39 is 0 Å². The van der Waals surface area contributed by atoms with Crippen LogP contribution >= 0.6 is 0 Å². The molecule has 1 spiro atoms. The van der Waals surface area contributed by atoms with E-state index in [1.54, 1.807) is 32.4 Å². The molecule has 2 heterocycles.